The van der Waals surface area contributed by atoms with E-state index < -0.39 is 0 Å². The summed E-state index contributed by atoms with van der Waals surface area (Å²) in [6, 6.07) is 12.0. The molecule has 1 N–H and O–H groups in total. The van der Waals surface area contributed by atoms with Gasteiger partial charge in [-0.2, -0.15) is 0 Å². The summed E-state index contributed by atoms with van der Waals surface area (Å²) in [6.45, 7) is 8.79. The second-order valence-electron chi connectivity index (χ2n) is 7.62. The summed E-state index contributed by atoms with van der Waals surface area (Å²) in [5.74, 6) is -0.548. The van der Waals surface area contributed by atoms with Crippen molar-refractivity contribution in [3.05, 3.63) is 69.9 Å². The van der Waals surface area contributed by atoms with Crippen molar-refractivity contribution < 1.29 is 14.3 Å². The Kier molecular flexibility index (Phi) is 6.18. The number of benzene rings is 2. The molecule has 2 aromatic carbocycles. The first-order valence-electron chi connectivity index (χ1n) is 9.84. The molecule has 0 spiro atoms. The first-order valence-corrected chi connectivity index (χ1v) is 9.84. The van der Waals surface area contributed by atoms with Crippen molar-refractivity contribution in [3.8, 4) is 0 Å². The lowest BCUT2D eigenvalue weighted by molar-refractivity contribution is -0.136. The van der Waals surface area contributed by atoms with Crippen LogP contribution in [0.1, 0.15) is 34.2 Å². The maximum absolute atomic E-state index is 13.3. The summed E-state index contributed by atoms with van der Waals surface area (Å²) in [5, 5.41) is 3.28. The summed E-state index contributed by atoms with van der Waals surface area (Å²) in [4.78, 5) is 27.8. The molecule has 0 atom stereocenters. The van der Waals surface area contributed by atoms with Gasteiger partial charge in [-0.25, -0.2) is 0 Å². The van der Waals surface area contributed by atoms with E-state index in [1.165, 1.54) is 4.90 Å². The molecule has 0 unspecified atom stereocenters. The number of ether oxygens (including phenoxy) is 1. The van der Waals surface area contributed by atoms with Gasteiger partial charge in [0.05, 0.1) is 5.57 Å². The lowest BCUT2D eigenvalue weighted by atomic mass is 9.97. The number of imide groups is 1. The van der Waals surface area contributed by atoms with E-state index in [1.807, 2.05) is 64.1 Å². The highest BCUT2D eigenvalue weighted by atomic mass is 16.5. The van der Waals surface area contributed by atoms with E-state index in [0.717, 1.165) is 33.5 Å². The molecule has 0 aromatic heterocycles. The van der Waals surface area contributed by atoms with E-state index >= 15 is 0 Å². The zero-order valence-electron chi connectivity index (χ0n) is 17.8. The van der Waals surface area contributed by atoms with Crippen LogP contribution in [-0.4, -0.2) is 37.0 Å². The van der Waals surface area contributed by atoms with Crippen LogP contribution in [0, 0.1) is 27.7 Å². The van der Waals surface area contributed by atoms with Gasteiger partial charge in [0.2, 0.25) is 0 Å². The largest absolute Gasteiger partial charge is 0.385 e. The molecule has 5 heteroatoms. The summed E-state index contributed by atoms with van der Waals surface area (Å²) in [5.41, 5.74) is 6.59. The molecule has 5 nitrogen and oxygen atoms in total. The van der Waals surface area contributed by atoms with Crippen LogP contribution in [0.15, 0.2) is 42.1 Å². The second kappa shape index (κ2) is 8.62. The van der Waals surface area contributed by atoms with Gasteiger partial charge in [0.1, 0.15) is 5.70 Å². The third-order valence-electron chi connectivity index (χ3n) is 5.20. The number of methoxy groups -OCH3 is 1. The minimum absolute atomic E-state index is 0.258. The average molecular weight is 392 g/mol. The SMILES string of the molecule is COCCCN1C(=O)C(Nc2cc(C)ccc2C)=C(c2ccc(C)cc2C)C1=O. The highest BCUT2D eigenvalue weighted by Gasteiger charge is 2.39. The molecule has 2 amide bonds. The van der Waals surface area contributed by atoms with Crippen molar-refractivity contribution >= 4 is 23.1 Å². The average Bonchev–Trinajstić information content (AvgIpc) is 2.89. The Labute approximate surface area is 172 Å². The number of carbonyl (C=O) groups excluding carboxylic acids is 2. The lowest BCUT2D eigenvalue weighted by Crippen LogP contribution is -2.34. The number of amides is 2. The fourth-order valence-electron chi connectivity index (χ4n) is 3.61. The predicted molar refractivity (Wildman–Crippen MR) is 116 cm³/mol. The van der Waals surface area contributed by atoms with Gasteiger partial charge in [0, 0.05) is 25.9 Å². The van der Waals surface area contributed by atoms with Crippen LogP contribution in [0.4, 0.5) is 5.69 Å². The maximum atomic E-state index is 13.3. The van der Waals surface area contributed by atoms with E-state index in [2.05, 4.69) is 5.32 Å². The molecule has 2 aromatic rings. The van der Waals surface area contributed by atoms with Crippen LogP contribution < -0.4 is 5.32 Å². The van der Waals surface area contributed by atoms with E-state index in [4.69, 9.17) is 4.74 Å². The zero-order chi connectivity index (χ0) is 21.1. The Morgan fingerprint density at radius 3 is 2.28 bits per heavy atom. The van der Waals surface area contributed by atoms with E-state index in [-0.39, 0.29) is 11.8 Å². The molecule has 0 saturated carbocycles. The van der Waals surface area contributed by atoms with E-state index in [1.54, 1.807) is 7.11 Å². The Morgan fingerprint density at radius 2 is 1.59 bits per heavy atom. The topological polar surface area (TPSA) is 58.6 Å². The van der Waals surface area contributed by atoms with Crippen molar-refractivity contribution in [2.24, 2.45) is 0 Å². The molecule has 0 bridgehead atoms. The lowest BCUT2D eigenvalue weighted by Gasteiger charge is -2.15. The van der Waals surface area contributed by atoms with Gasteiger partial charge in [-0.15, -0.1) is 0 Å². The molecule has 0 radical (unpaired) electrons. The summed E-state index contributed by atoms with van der Waals surface area (Å²) < 4.78 is 5.09. The third-order valence-corrected chi connectivity index (χ3v) is 5.20. The normalized spacial score (nSPS) is 14.2. The summed E-state index contributed by atoms with van der Waals surface area (Å²) in [7, 11) is 1.61. The Morgan fingerprint density at radius 1 is 0.897 bits per heavy atom. The van der Waals surface area contributed by atoms with Crippen molar-refractivity contribution in [3.63, 3.8) is 0 Å². The minimum atomic E-state index is -0.290. The molecule has 0 saturated heterocycles. The molecule has 0 aliphatic carbocycles. The summed E-state index contributed by atoms with van der Waals surface area (Å²) in [6.07, 6.45) is 0.602. The first kappa shape index (κ1) is 20.8. The molecule has 1 aliphatic rings. The van der Waals surface area contributed by atoms with E-state index in [9.17, 15) is 9.59 Å². The van der Waals surface area contributed by atoms with Gasteiger partial charge in [-0.05, 0) is 62.4 Å². The van der Waals surface area contributed by atoms with E-state index in [0.29, 0.717) is 30.8 Å². The van der Waals surface area contributed by atoms with Crippen LogP contribution in [0.2, 0.25) is 0 Å². The molecule has 3 rings (SSSR count). The highest BCUT2D eigenvalue weighted by Crippen LogP contribution is 2.33. The van der Waals surface area contributed by atoms with Gasteiger partial charge in [-0.1, -0.05) is 35.9 Å². The molecule has 0 fully saturated rings. The molecular formula is C24H28N2O3. The van der Waals surface area contributed by atoms with Crippen LogP contribution >= 0.6 is 0 Å². The number of nitrogens with one attached hydrogen (secondary N) is 1. The predicted octanol–water partition coefficient (Wildman–Crippen LogP) is 4.15. The fourth-order valence-corrected chi connectivity index (χ4v) is 3.61. The quantitative estimate of drug-likeness (QED) is 0.568. The number of anilines is 1. The monoisotopic (exact) mass is 392 g/mol. The molecular weight excluding hydrogens is 364 g/mol. The third kappa shape index (κ3) is 4.25. The van der Waals surface area contributed by atoms with Gasteiger partial charge >= 0.3 is 0 Å². The number of hydrogen-bond donors (Lipinski definition) is 1. The van der Waals surface area contributed by atoms with Crippen molar-refractivity contribution in [2.75, 3.05) is 25.6 Å². The van der Waals surface area contributed by atoms with Crippen molar-refractivity contribution in [1.82, 2.24) is 4.90 Å². The smallest absolute Gasteiger partial charge is 0.278 e. The molecule has 29 heavy (non-hydrogen) atoms. The van der Waals surface area contributed by atoms with Gasteiger partial charge in [0.15, 0.2) is 0 Å². The minimum Gasteiger partial charge on any atom is -0.385 e. The Balaban J connectivity index is 2.08. The number of aryl methyl sites for hydroxylation is 4. The van der Waals surface area contributed by atoms with Gasteiger partial charge in [0.25, 0.3) is 11.8 Å². The first-order chi connectivity index (χ1) is 13.8. The molecule has 1 aliphatic heterocycles. The van der Waals surface area contributed by atoms with Gasteiger partial charge in [-0.3, -0.25) is 14.5 Å². The van der Waals surface area contributed by atoms with Gasteiger partial charge < -0.3 is 10.1 Å². The molecule has 1 heterocycles. The number of nitrogens with zero attached hydrogens (tertiary/aromatic N) is 1. The summed E-state index contributed by atoms with van der Waals surface area (Å²) >= 11 is 0. The zero-order valence-corrected chi connectivity index (χ0v) is 17.8. The van der Waals surface area contributed by atoms with Crippen LogP contribution in [-0.2, 0) is 14.3 Å². The van der Waals surface area contributed by atoms with Crippen molar-refractivity contribution in [1.29, 1.82) is 0 Å². The number of rotatable bonds is 7. The Bertz CT molecular complexity index is 992. The maximum Gasteiger partial charge on any atom is 0.278 e. The van der Waals surface area contributed by atoms with Crippen LogP contribution in [0.3, 0.4) is 0 Å². The number of hydrogen-bond acceptors (Lipinski definition) is 4. The standard InChI is InChI=1S/C24H28N2O3/c1-15-8-10-19(18(4)13-15)21-22(25-20-14-16(2)7-9-17(20)3)24(28)26(23(21)27)11-6-12-29-5/h7-10,13-14,25H,6,11-12H2,1-5H3. The fraction of sp³-hybridized carbons (Fsp3) is 0.333. The van der Waals surface area contributed by atoms with Crippen LogP contribution in [0.5, 0.6) is 0 Å². The highest BCUT2D eigenvalue weighted by molar-refractivity contribution is 6.36. The Hall–Kier alpha value is -2.92. The second-order valence-corrected chi connectivity index (χ2v) is 7.62. The number of carbonyl (C=O) groups is 2. The van der Waals surface area contributed by atoms with Crippen LogP contribution in [0.25, 0.3) is 5.57 Å². The van der Waals surface area contributed by atoms with Crippen molar-refractivity contribution in [2.45, 2.75) is 34.1 Å². The molecule has 152 valence electrons.